The Kier molecular flexibility index (Phi) is 5.92. The van der Waals surface area contributed by atoms with E-state index in [4.69, 9.17) is 4.74 Å². The molecule has 2 aromatic carbocycles. The summed E-state index contributed by atoms with van der Waals surface area (Å²) in [6.07, 6.45) is 1.10. The SMILES string of the molecule is COc1ccc(NC(=O)[C@@H](C)N(c2cc(C)ccc2C)S(C)(=O)=O)cc1. The van der Waals surface area contributed by atoms with Crippen LogP contribution in [0.25, 0.3) is 0 Å². The number of ether oxygens (including phenoxy) is 1. The molecule has 1 atom stereocenters. The standard InChI is InChI=1S/C19H24N2O4S/c1-13-6-7-14(2)18(12-13)21(26(5,23)24)15(3)19(22)20-16-8-10-17(25-4)11-9-16/h6-12,15H,1-5H3,(H,20,22)/t15-/m1/s1. The fourth-order valence-corrected chi connectivity index (χ4v) is 3.88. The molecule has 0 radical (unpaired) electrons. The minimum Gasteiger partial charge on any atom is -0.497 e. The number of hydrogen-bond acceptors (Lipinski definition) is 4. The molecule has 1 N–H and O–H groups in total. The van der Waals surface area contributed by atoms with Crippen LogP contribution in [-0.4, -0.2) is 33.7 Å². The van der Waals surface area contributed by atoms with Gasteiger partial charge in [0.2, 0.25) is 15.9 Å². The van der Waals surface area contributed by atoms with Gasteiger partial charge in [0, 0.05) is 5.69 Å². The highest BCUT2D eigenvalue weighted by Gasteiger charge is 2.30. The zero-order valence-electron chi connectivity index (χ0n) is 15.6. The third-order valence-electron chi connectivity index (χ3n) is 4.05. The molecule has 0 heterocycles. The van der Waals surface area contributed by atoms with Gasteiger partial charge in [0.15, 0.2) is 0 Å². The van der Waals surface area contributed by atoms with Crippen molar-refractivity contribution in [3.05, 3.63) is 53.6 Å². The van der Waals surface area contributed by atoms with Crippen LogP contribution in [-0.2, 0) is 14.8 Å². The molecule has 0 aliphatic heterocycles. The van der Waals surface area contributed by atoms with Crippen molar-refractivity contribution in [1.82, 2.24) is 0 Å². The van der Waals surface area contributed by atoms with Crippen molar-refractivity contribution < 1.29 is 17.9 Å². The highest BCUT2D eigenvalue weighted by molar-refractivity contribution is 7.92. The fourth-order valence-electron chi connectivity index (χ4n) is 2.66. The summed E-state index contributed by atoms with van der Waals surface area (Å²) in [5, 5.41) is 2.75. The molecule has 6 nitrogen and oxygen atoms in total. The summed E-state index contributed by atoms with van der Waals surface area (Å²) < 4.78 is 31.1. The molecule has 7 heteroatoms. The van der Waals surface area contributed by atoms with Crippen molar-refractivity contribution in [3.63, 3.8) is 0 Å². The summed E-state index contributed by atoms with van der Waals surface area (Å²) in [6.45, 7) is 5.27. The smallest absolute Gasteiger partial charge is 0.247 e. The predicted octanol–water partition coefficient (Wildman–Crippen LogP) is 3.11. The van der Waals surface area contributed by atoms with Gasteiger partial charge in [-0.1, -0.05) is 12.1 Å². The summed E-state index contributed by atoms with van der Waals surface area (Å²) in [4.78, 5) is 12.7. The summed E-state index contributed by atoms with van der Waals surface area (Å²) in [5.41, 5.74) is 2.77. The van der Waals surface area contributed by atoms with Crippen molar-refractivity contribution in [1.29, 1.82) is 0 Å². The molecule has 0 saturated heterocycles. The third kappa shape index (κ3) is 4.54. The molecule has 26 heavy (non-hydrogen) atoms. The van der Waals surface area contributed by atoms with Crippen molar-refractivity contribution >= 4 is 27.3 Å². The molecule has 0 aromatic heterocycles. The van der Waals surface area contributed by atoms with Gasteiger partial charge in [0.05, 0.1) is 19.1 Å². The number of carbonyl (C=O) groups excluding carboxylic acids is 1. The van der Waals surface area contributed by atoms with E-state index in [1.54, 1.807) is 44.4 Å². The average Bonchev–Trinajstić information content (AvgIpc) is 2.57. The van der Waals surface area contributed by atoms with Gasteiger partial charge in [-0.25, -0.2) is 8.42 Å². The Hall–Kier alpha value is -2.54. The molecule has 0 bridgehead atoms. The highest BCUT2D eigenvalue weighted by Crippen LogP contribution is 2.27. The van der Waals surface area contributed by atoms with Gasteiger partial charge in [-0.2, -0.15) is 0 Å². The minimum atomic E-state index is -3.65. The Morgan fingerprint density at radius 2 is 1.73 bits per heavy atom. The third-order valence-corrected chi connectivity index (χ3v) is 5.28. The molecule has 140 valence electrons. The average molecular weight is 376 g/mol. The van der Waals surface area contributed by atoms with Crippen molar-refractivity contribution in [2.75, 3.05) is 23.0 Å². The van der Waals surface area contributed by atoms with E-state index in [9.17, 15) is 13.2 Å². The Morgan fingerprint density at radius 3 is 2.27 bits per heavy atom. The van der Waals surface area contributed by atoms with E-state index in [0.29, 0.717) is 17.1 Å². The number of anilines is 2. The first-order chi connectivity index (χ1) is 12.1. The maximum Gasteiger partial charge on any atom is 0.247 e. The molecule has 0 aliphatic carbocycles. The number of carbonyl (C=O) groups is 1. The topological polar surface area (TPSA) is 75.7 Å². The van der Waals surface area contributed by atoms with E-state index in [0.717, 1.165) is 21.7 Å². The molecule has 0 saturated carbocycles. The minimum absolute atomic E-state index is 0.415. The van der Waals surface area contributed by atoms with Gasteiger partial charge < -0.3 is 10.1 Å². The second-order valence-corrected chi connectivity index (χ2v) is 8.10. The number of amides is 1. The lowest BCUT2D eigenvalue weighted by molar-refractivity contribution is -0.116. The van der Waals surface area contributed by atoms with Crippen molar-refractivity contribution in [2.45, 2.75) is 26.8 Å². The van der Waals surface area contributed by atoms with E-state index in [2.05, 4.69) is 5.32 Å². The maximum absolute atomic E-state index is 12.7. The number of methoxy groups -OCH3 is 1. The van der Waals surface area contributed by atoms with Crippen molar-refractivity contribution in [3.8, 4) is 5.75 Å². The van der Waals surface area contributed by atoms with E-state index in [1.807, 2.05) is 26.0 Å². The summed E-state index contributed by atoms with van der Waals surface area (Å²) in [5.74, 6) is 0.255. The number of benzene rings is 2. The van der Waals surface area contributed by atoms with Crippen LogP contribution in [0.3, 0.4) is 0 Å². The second kappa shape index (κ2) is 7.78. The van der Waals surface area contributed by atoms with E-state index in [1.165, 1.54) is 0 Å². The summed E-state index contributed by atoms with van der Waals surface area (Å²) in [6, 6.07) is 11.5. The fraction of sp³-hybridized carbons (Fsp3) is 0.316. The monoisotopic (exact) mass is 376 g/mol. The lowest BCUT2D eigenvalue weighted by Gasteiger charge is -2.29. The Balaban J connectivity index is 2.32. The van der Waals surface area contributed by atoms with Crippen LogP contribution >= 0.6 is 0 Å². The zero-order chi connectivity index (χ0) is 19.5. The molecule has 2 rings (SSSR count). The molecular weight excluding hydrogens is 352 g/mol. The predicted molar refractivity (Wildman–Crippen MR) is 104 cm³/mol. The Bertz CT molecular complexity index is 892. The number of hydrogen-bond donors (Lipinski definition) is 1. The van der Waals surface area contributed by atoms with Gasteiger partial charge >= 0.3 is 0 Å². The Labute approximate surface area is 154 Å². The highest BCUT2D eigenvalue weighted by atomic mass is 32.2. The molecular formula is C19H24N2O4S. The molecule has 2 aromatic rings. The first-order valence-electron chi connectivity index (χ1n) is 8.15. The van der Waals surface area contributed by atoms with Gasteiger partial charge in [0.1, 0.15) is 11.8 Å². The van der Waals surface area contributed by atoms with Gasteiger partial charge in [-0.3, -0.25) is 9.10 Å². The van der Waals surface area contributed by atoms with E-state index < -0.39 is 22.0 Å². The van der Waals surface area contributed by atoms with E-state index in [-0.39, 0.29) is 0 Å². The van der Waals surface area contributed by atoms with Crippen LogP contribution in [0.2, 0.25) is 0 Å². The van der Waals surface area contributed by atoms with Crippen molar-refractivity contribution in [2.24, 2.45) is 0 Å². The second-order valence-electron chi connectivity index (χ2n) is 6.24. The normalized spacial score (nSPS) is 12.3. The lowest BCUT2D eigenvalue weighted by Crippen LogP contribution is -2.45. The van der Waals surface area contributed by atoms with Crippen LogP contribution in [0.4, 0.5) is 11.4 Å². The van der Waals surface area contributed by atoms with Crippen LogP contribution in [0.5, 0.6) is 5.75 Å². The van der Waals surface area contributed by atoms with Crippen LogP contribution in [0, 0.1) is 13.8 Å². The number of nitrogens with one attached hydrogen (secondary N) is 1. The van der Waals surface area contributed by atoms with E-state index >= 15 is 0 Å². The maximum atomic E-state index is 12.7. The number of aryl methyl sites for hydroxylation is 2. The van der Waals surface area contributed by atoms with Gasteiger partial charge in [0.25, 0.3) is 0 Å². The largest absolute Gasteiger partial charge is 0.497 e. The Morgan fingerprint density at radius 1 is 1.12 bits per heavy atom. The molecule has 0 spiro atoms. The lowest BCUT2D eigenvalue weighted by atomic mass is 10.1. The molecule has 0 fully saturated rings. The first-order valence-corrected chi connectivity index (χ1v) is 10.00. The summed E-state index contributed by atoms with van der Waals surface area (Å²) in [7, 11) is -2.09. The molecule has 1 amide bonds. The molecule has 0 aliphatic rings. The number of rotatable bonds is 6. The van der Waals surface area contributed by atoms with Crippen LogP contribution in [0.1, 0.15) is 18.1 Å². The van der Waals surface area contributed by atoms with Gasteiger partial charge in [-0.05, 0) is 62.2 Å². The number of nitrogens with zero attached hydrogens (tertiary/aromatic N) is 1. The van der Waals surface area contributed by atoms with Crippen LogP contribution < -0.4 is 14.4 Å². The van der Waals surface area contributed by atoms with Crippen LogP contribution in [0.15, 0.2) is 42.5 Å². The van der Waals surface area contributed by atoms with Gasteiger partial charge in [-0.15, -0.1) is 0 Å². The molecule has 0 unspecified atom stereocenters. The number of sulfonamides is 1. The zero-order valence-corrected chi connectivity index (χ0v) is 16.4. The summed E-state index contributed by atoms with van der Waals surface area (Å²) >= 11 is 0. The first kappa shape index (κ1) is 19.8. The quantitative estimate of drug-likeness (QED) is 0.840.